The van der Waals surface area contributed by atoms with Crippen LogP contribution in [-0.4, -0.2) is 16.3 Å². The molecule has 3 heteroatoms. The Labute approximate surface area is 115 Å². The van der Waals surface area contributed by atoms with Gasteiger partial charge in [0.1, 0.15) is 0 Å². The number of rotatable bonds is 6. The molecule has 0 bridgehead atoms. The fraction of sp³-hybridized carbons (Fsp3) is 0.438. The molecule has 0 spiro atoms. The van der Waals surface area contributed by atoms with E-state index in [4.69, 9.17) is 6.42 Å². The van der Waals surface area contributed by atoms with Crippen LogP contribution in [0.5, 0.6) is 0 Å². The lowest BCUT2D eigenvalue weighted by Gasteiger charge is -2.05. The van der Waals surface area contributed by atoms with Crippen molar-refractivity contribution in [1.29, 1.82) is 0 Å². The van der Waals surface area contributed by atoms with Gasteiger partial charge in [-0.25, -0.2) is 0 Å². The molecule has 0 aliphatic heterocycles. The molecule has 0 saturated carbocycles. The van der Waals surface area contributed by atoms with E-state index in [1.54, 1.807) is 0 Å². The standard InChI is InChI=1S/C16H21N3/c1-4-5-10-19-16-9-7-6-8-14(16)15(18-19)12-17-11-13(2)3/h1,6-9,13,17H,5,10-12H2,2-3H3. The van der Waals surface area contributed by atoms with Crippen LogP contribution in [0.25, 0.3) is 10.9 Å². The lowest BCUT2D eigenvalue weighted by Crippen LogP contribution is -2.19. The zero-order chi connectivity index (χ0) is 13.7. The minimum atomic E-state index is 0.648. The Bertz CT molecular complexity index is 575. The number of aromatic nitrogens is 2. The predicted octanol–water partition coefficient (Wildman–Crippen LogP) is 2.81. The molecule has 0 atom stereocenters. The van der Waals surface area contributed by atoms with Gasteiger partial charge in [0.25, 0.3) is 0 Å². The third-order valence-electron chi connectivity index (χ3n) is 3.05. The third kappa shape index (κ3) is 3.36. The van der Waals surface area contributed by atoms with E-state index in [0.717, 1.165) is 25.3 Å². The summed E-state index contributed by atoms with van der Waals surface area (Å²) in [7, 11) is 0. The smallest absolute Gasteiger partial charge is 0.0841 e. The van der Waals surface area contributed by atoms with E-state index >= 15 is 0 Å². The van der Waals surface area contributed by atoms with Crippen molar-refractivity contribution < 1.29 is 0 Å². The van der Waals surface area contributed by atoms with Crippen molar-refractivity contribution in [3.8, 4) is 12.3 Å². The molecule has 1 aromatic carbocycles. The molecule has 3 nitrogen and oxygen atoms in total. The lowest BCUT2D eigenvalue weighted by atomic mass is 10.2. The summed E-state index contributed by atoms with van der Waals surface area (Å²) in [5.74, 6) is 3.32. The molecule has 1 aromatic heterocycles. The van der Waals surface area contributed by atoms with E-state index in [0.29, 0.717) is 12.3 Å². The first-order chi connectivity index (χ1) is 9.22. The molecule has 100 valence electrons. The molecule has 2 aromatic rings. The number of aryl methyl sites for hydroxylation is 1. The number of benzene rings is 1. The molecular formula is C16H21N3. The monoisotopic (exact) mass is 255 g/mol. The predicted molar refractivity (Wildman–Crippen MR) is 79.7 cm³/mol. The van der Waals surface area contributed by atoms with E-state index < -0.39 is 0 Å². The number of nitrogens with one attached hydrogen (secondary N) is 1. The molecule has 0 amide bonds. The van der Waals surface area contributed by atoms with Gasteiger partial charge in [0.2, 0.25) is 0 Å². The van der Waals surface area contributed by atoms with Crippen LogP contribution in [0.2, 0.25) is 0 Å². The molecule has 1 N–H and O–H groups in total. The first-order valence-electron chi connectivity index (χ1n) is 6.81. The maximum Gasteiger partial charge on any atom is 0.0841 e. The van der Waals surface area contributed by atoms with Gasteiger partial charge in [-0.3, -0.25) is 4.68 Å². The Morgan fingerprint density at radius 2 is 2.16 bits per heavy atom. The molecule has 1 heterocycles. The highest BCUT2D eigenvalue weighted by atomic mass is 15.3. The van der Waals surface area contributed by atoms with E-state index in [9.17, 15) is 0 Å². The molecule has 0 fully saturated rings. The summed E-state index contributed by atoms with van der Waals surface area (Å²) < 4.78 is 2.02. The SMILES string of the molecule is C#CCCn1nc(CNCC(C)C)c2ccccc21. The number of hydrogen-bond donors (Lipinski definition) is 1. The number of terminal acetylenes is 1. The average Bonchev–Trinajstić information content (AvgIpc) is 2.75. The lowest BCUT2D eigenvalue weighted by molar-refractivity contribution is 0.542. The van der Waals surface area contributed by atoms with Crippen LogP contribution >= 0.6 is 0 Å². The van der Waals surface area contributed by atoms with Crippen molar-refractivity contribution in [1.82, 2.24) is 15.1 Å². The molecule has 19 heavy (non-hydrogen) atoms. The molecule has 0 unspecified atom stereocenters. The first-order valence-corrected chi connectivity index (χ1v) is 6.81. The van der Waals surface area contributed by atoms with Gasteiger partial charge in [0.05, 0.1) is 17.8 Å². The molecular weight excluding hydrogens is 234 g/mol. The molecule has 0 saturated heterocycles. The highest BCUT2D eigenvalue weighted by Gasteiger charge is 2.09. The largest absolute Gasteiger partial charge is 0.311 e. The fourth-order valence-electron chi connectivity index (χ4n) is 2.15. The summed E-state index contributed by atoms with van der Waals surface area (Å²) >= 11 is 0. The van der Waals surface area contributed by atoms with Gasteiger partial charge in [-0.15, -0.1) is 12.3 Å². The van der Waals surface area contributed by atoms with Crippen LogP contribution in [0.4, 0.5) is 0 Å². The summed E-state index contributed by atoms with van der Waals surface area (Å²) in [6.07, 6.45) is 6.05. The highest BCUT2D eigenvalue weighted by Crippen LogP contribution is 2.18. The highest BCUT2D eigenvalue weighted by molar-refractivity contribution is 5.81. The van der Waals surface area contributed by atoms with Crippen molar-refractivity contribution in [2.24, 2.45) is 5.92 Å². The Morgan fingerprint density at radius 1 is 1.37 bits per heavy atom. The fourth-order valence-corrected chi connectivity index (χ4v) is 2.15. The van der Waals surface area contributed by atoms with E-state index in [2.05, 4.69) is 48.4 Å². The van der Waals surface area contributed by atoms with Crippen LogP contribution in [0.15, 0.2) is 24.3 Å². The minimum absolute atomic E-state index is 0.648. The Kier molecular flexibility index (Phi) is 4.59. The van der Waals surface area contributed by atoms with E-state index in [-0.39, 0.29) is 0 Å². The number of fused-ring (bicyclic) bond motifs is 1. The van der Waals surface area contributed by atoms with Crippen molar-refractivity contribution in [2.75, 3.05) is 6.54 Å². The van der Waals surface area contributed by atoms with Crippen molar-refractivity contribution in [2.45, 2.75) is 33.4 Å². The van der Waals surface area contributed by atoms with Crippen LogP contribution in [0.1, 0.15) is 26.0 Å². The molecule has 2 rings (SSSR count). The van der Waals surface area contributed by atoms with Crippen LogP contribution in [0, 0.1) is 18.3 Å². The van der Waals surface area contributed by atoms with E-state index in [1.165, 1.54) is 10.9 Å². The van der Waals surface area contributed by atoms with Gasteiger partial charge in [-0.1, -0.05) is 32.0 Å². The Morgan fingerprint density at radius 3 is 2.89 bits per heavy atom. The zero-order valence-corrected chi connectivity index (χ0v) is 11.7. The minimum Gasteiger partial charge on any atom is -0.311 e. The first kappa shape index (κ1) is 13.6. The third-order valence-corrected chi connectivity index (χ3v) is 3.05. The second kappa shape index (κ2) is 6.40. The van der Waals surface area contributed by atoms with Gasteiger partial charge < -0.3 is 5.32 Å². The molecule has 0 aliphatic rings. The maximum atomic E-state index is 5.34. The zero-order valence-electron chi connectivity index (χ0n) is 11.7. The molecule has 0 radical (unpaired) electrons. The topological polar surface area (TPSA) is 29.9 Å². The van der Waals surface area contributed by atoms with Crippen LogP contribution < -0.4 is 5.32 Å². The second-order valence-corrected chi connectivity index (χ2v) is 5.17. The summed E-state index contributed by atoms with van der Waals surface area (Å²) in [6, 6.07) is 8.33. The van der Waals surface area contributed by atoms with Gasteiger partial charge in [-0.2, -0.15) is 5.10 Å². The summed E-state index contributed by atoms with van der Waals surface area (Å²) in [5.41, 5.74) is 2.27. The Hall–Kier alpha value is -1.79. The summed E-state index contributed by atoms with van der Waals surface area (Å²) in [6.45, 7) is 7.00. The van der Waals surface area contributed by atoms with E-state index in [1.807, 2.05) is 10.7 Å². The summed E-state index contributed by atoms with van der Waals surface area (Å²) in [5, 5.41) is 9.35. The number of para-hydroxylation sites is 1. The Balaban J connectivity index is 2.21. The van der Waals surface area contributed by atoms with Gasteiger partial charge in [-0.05, 0) is 18.5 Å². The van der Waals surface area contributed by atoms with Gasteiger partial charge in [0.15, 0.2) is 0 Å². The quantitative estimate of drug-likeness (QED) is 0.804. The summed E-state index contributed by atoms with van der Waals surface area (Å²) in [4.78, 5) is 0. The molecule has 0 aliphatic carbocycles. The van der Waals surface area contributed by atoms with Crippen molar-refractivity contribution in [3.05, 3.63) is 30.0 Å². The van der Waals surface area contributed by atoms with Crippen molar-refractivity contribution in [3.63, 3.8) is 0 Å². The number of nitrogens with zero attached hydrogens (tertiary/aromatic N) is 2. The average molecular weight is 255 g/mol. The maximum absolute atomic E-state index is 5.34. The van der Waals surface area contributed by atoms with Crippen LogP contribution in [-0.2, 0) is 13.1 Å². The van der Waals surface area contributed by atoms with Crippen LogP contribution in [0.3, 0.4) is 0 Å². The van der Waals surface area contributed by atoms with Gasteiger partial charge >= 0.3 is 0 Å². The second-order valence-electron chi connectivity index (χ2n) is 5.17. The number of hydrogen-bond acceptors (Lipinski definition) is 2. The normalized spacial score (nSPS) is 11.1. The van der Waals surface area contributed by atoms with Crippen molar-refractivity contribution >= 4 is 10.9 Å². The van der Waals surface area contributed by atoms with Gasteiger partial charge in [0, 0.05) is 18.4 Å².